The fourth-order valence-corrected chi connectivity index (χ4v) is 4.62. The van der Waals surface area contributed by atoms with Crippen LogP contribution in [0, 0.1) is 6.92 Å². The van der Waals surface area contributed by atoms with Crippen molar-refractivity contribution in [1.82, 2.24) is 9.55 Å². The largest absolute Gasteiger partial charge is 0.496 e. The topological polar surface area (TPSA) is 81.4 Å². The fourth-order valence-electron chi connectivity index (χ4n) is 3.69. The number of aromatic nitrogens is 2. The van der Waals surface area contributed by atoms with Gasteiger partial charge in [-0.25, -0.2) is 4.98 Å². The van der Waals surface area contributed by atoms with Gasteiger partial charge in [0.15, 0.2) is 0 Å². The zero-order valence-corrected chi connectivity index (χ0v) is 18.1. The first kappa shape index (κ1) is 20.8. The highest BCUT2D eigenvalue weighted by Crippen LogP contribution is 2.34. The Morgan fingerprint density at radius 1 is 1.16 bits per heavy atom. The van der Waals surface area contributed by atoms with Crippen LogP contribution in [0.15, 0.2) is 58.7 Å². The number of ether oxygens (including phenoxy) is 1. The van der Waals surface area contributed by atoms with Gasteiger partial charge in [0.05, 0.1) is 12.5 Å². The SMILES string of the molecule is COc1ccc(-c2csc3nc(-c4ccccc4)n(CCCC(=O)O)c(=O)c23)cc1C. The monoisotopic (exact) mass is 434 g/mol. The molecule has 0 saturated carbocycles. The van der Waals surface area contributed by atoms with Gasteiger partial charge in [0.1, 0.15) is 16.4 Å². The maximum atomic E-state index is 13.6. The van der Waals surface area contributed by atoms with E-state index in [0.717, 1.165) is 28.0 Å². The molecule has 0 amide bonds. The van der Waals surface area contributed by atoms with Crippen LogP contribution in [0.4, 0.5) is 0 Å². The third-order valence-corrected chi connectivity index (χ3v) is 6.08. The number of carbonyl (C=O) groups is 1. The predicted octanol–water partition coefficient (Wildman–Crippen LogP) is 4.97. The molecule has 0 aliphatic rings. The van der Waals surface area contributed by atoms with Crippen LogP contribution in [0.2, 0.25) is 0 Å². The molecule has 0 aliphatic heterocycles. The molecule has 1 N–H and O–H groups in total. The van der Waals surface area contributed by atoms with Crippen LogP contribution < -0.4 is 10.3 Å². The standard InChI is InChI=1S/C24H22N2O4S/c1-15-13-17(10-11-19(15)30-2)18-14-31-23-21(18)24(29)26(12-6-9-20(27)28)22(25-23)16-7-4-3-5-8-16/h3-5,7-8,10-11,13-14H,6,9,12H2,1-2H3,(H,27,28). The first-order valence-electron chi connectivity index (χ1n) is 9.94. The van der Waals surface area contributed by atoms with Gasteiger partial charge in [0, 0.05) is 29.5 Å². The third-order valence-electron chi connectivity index (χ3n) is 5.20. The summed E-state index contributed by atoms with van der Waals surface area (Å²) in [7, 11) is 1.63. The average molecular weight is 435 g/mol. The molecule has 7 heteroatoms. The van der Waals surface area contributed by atoms with Crippen LogP contribution in [-0.4, -0.2) is 27.7 Å². The van der Waals surface area contributed by atoms with Crippen molar-refractivity contribution in [3.05, 3.63) is 69.8 Å². The quantitative estimate of drug-likeness (QED) is 0.444. The van der Waals surface area contributed by atoms with Crippen LogP contribution in [0.3, 0.4) is 0 Å². The molecule has 0 radical (unpaired) electrons. The molecule has 2 aromatic carbocycles. The average Bonchev–Trinajstić information content (AvgIpc) is 3.20. The van der Waals surface area contributed by atoms with Gasteiger partial charge in [0.2, 0.25) is 0 Å². The van der Waals surface area contributed by atoms with E-state index in [9.17, 15) is 9.59 Å². The van der Waals surface area contributed by atoms with Crippen LogP contribution in [0.25, 0.3) is 32.7 Å². The van der Waals surface area contributed by atoms with Crippen molar-refractivity contribution in [2.45, 2.75) is 26.3 Å². The predicted molar refractivity (Wildman–Crippen MR) is 123 cm³/mol. The van der Waals surface area contributed by atoms with E-state index < -0.39 is 5.97 Å². The lowest BCUT2D eigenvalue weighted by Crippen LogP contribution is -2.23. The number of hydrogen-bond donors (Lipinski definition) is 1. The van der Waals surface area contributed by atoms with Gasteiger partial charge in [-0.15, -0.1) is 11.3 Å². The summed E-state index contributed by atoms with van der Waals surface area (Å²) in [5, 5.41) is 11.6. The zero-order valence-electron chi connectivity index (χ0n) is 17.3. The summed E-state index contributed by atoms with van der Waals surface area (Å²) in [6.07, 6.45) is 0.344. The summed E-state index contributed by atoms with van der Waals surface area (Å²) in [5.41, 5.74) is 3.41. The Kier molecular flexibility index (Phi) is 5.86. The van der Waals surface area contributed by atoms with E-state index in [1.165, 1.54) is 11.3 Å². The van der Waals surface area contributed by atoms with Gasteiger partial charge in [-0.3, -0.25) is 14.2 Å². The maximum absolute atomic E-state index is 13.6. The Hall–Kier alpha value is -3.45. The molecule has 31 heavy (non-hydrogen) atoms. The summed E-state index contributed by atoms with van der Waals surface area (Å²) in [5.74, 6) is 0.468. The molecule has 0 saturated heterocycles. The number of rotatable bonds is 7. The van der Waals surface area contributed by atoms with Gasteiger partial charge < -0.3 is 9.84 Å². The summed E-state index contributed by atoms with van der Waals surface area (Å²) >= 11 is 1.44. The van der Waals surface area contributed by atoms with Crippen molar-refractivity contribution in [1.29, 1.82) is 0 Å². The van der Waals surface area contributed by atoms with E-state index in [1.807, 2.05) is 60.8 Å². The number of benzene rings is 2. The number of hydrogen-bond acceptors (Lipinski definition) is 5. The number of aryl methyl sites for hydroxylation is 1. The Morgan fingerprint density at radius 2 is 1.94 bits per heavy atom. The minimum Gasteiger partial charge on any atom is -0.496 e. The normalized spacial score (nSPS) is 11.0. The number of methoxy groups -OCH3 is 1. The van der Waals surface area contributed by atoms with Crippen molar-refractivity contribution in [3.63, 3.8) is 0 Å². The highest BCUT2D eigenvalue weighted by atomic mass is 32.1. The van der Waals surface area contributed by atoms with Crippen molar-refractivity contribution in [2.75, 3.05) is 7.11 Å². The molecule has 0 atom stereocenters. The summed E-state index contributed by atoms with van der Waals surface area (Å²) in [6.45, 7) is 2.25. The van der Waals surface area contributed by atoms with Crippen LogP contribution in [0.1, 0.15) is 18.4 Å². The molecule has 0 aliphatic carbocycles. The van der Waals surface area contributed by atoms with E-state index in [0.29, 0.717) is 22.5 Å². The summed E-state index contributed by atoms with van der Waals surface area (Å²) < 4.78 is 6.96. The van der Waals surface area contributed by atoms with E-state index >= 15 is 0 Å². The molecular weight excluding hydrogens is 412 g/mol. The molecule has 2 aromatic heterocycles. The second-order valence-corrected chi connectivity index (χ2v) is 8.13. The molecule has 4 rings (SSSR count). The molecule has 4 aromatic rings. The third kappa shape index (κ3) is 4.09. The summed E-state index contributed by atoms with van der Waals surface area (Å²) in [6, 6.07) is 15.3. The lowest BCUT2D eigenvalue weighted by Gasteiger charge is -2.13. The first-order chi connectivity index (χ1) is 15.0. The Balaban J connectivity index is 1.90. The molecule has 2 heterocycles. The fraction of sp³-hybridized carbons (Fsp3) is 0.208. The van der Waals surface area contributed by atoms with Crippen molar-refractivity contribution in [3.8, 4) is 28.3 Å². The summed E-state index contributed by atoms with van der Waals surface area (Å²) in [4.78, 5) is 30.1. The van der Waals surface area contributed by atoms with Crippen molar-refractivity contribution in [2.24, 2.45) is 0 Å². The molecule has 6 nitrogen and oxygen atoms in total. The zero-order chi connectivity index (χ0) is 22.0. The Labute approximate surface area is 183 Å². The minimum atomic E-state index is -0.881. The van der Waals surface area contributed by atoms with E-state index in [2.05, 4.69) is 0 Å². The number of carboxylic acids is 1. The molecular formula is C24H22N2O4S. The van der Waals surface area contributed by atoms with Gasteiger partial charge in [-0.05, 0) is 36.6 Å². The molecule has 158 valence electrons. The number of fused-ring (bicyclic) bond motifs is 1. The minimum absolute atomic E-state index is 0.00707. The van der Waals surface area contributed by atoms with Gasteiger partial charge in [0.25, 0.3) is 5.56 Å². The maximum Gasteiger partial charge on any atom is 0.303 e. The lowest BCUT2D eigenvalue weighted by molar-refractivity contribution is -0.137. The van der Waals surface area contributed by atoms with Gasteiger partial charge in [-0.2, -0.15) is 0 Å². The number of carboxylic acid groups (broad SMARTS) is 1. The number of aliphatic carboxylic acids is 1. The molecule has 0 unspecified atom stereocenters. The Bertz CT molecular complexity index is 1310. The first-order valence-corrected chi connectivity index (χ1v) is 10.8. The highest BCUT2D eigenvalue weighted by molar-refractivity contribution is 7.17. The van der Waals surface area contributed by atoms with E-state index in [1.54, 1.807) is 11.7 Å². The van der Waals surface area contributed by atoms with Crippen LogP contribution in [0.5, 0.6) is 5.75 Å². The van der Waals surface area contributed by atoms with Crippen LogP contribution >= 0.6 is 11.3 Å². The second kappa shape index (κ2) is 8.73. The number of nitrogens with zero attached hydrogens (tertiary/aromatic N) is 2. The van der Waals surface area contributed by atoms with Crippen LogP contribution in [-0.2, 0) is 11.3 Å². The Morgan fingerprint density at radius 3 is 2.61 bits per heavy atom. The lowest BCUT2D eigenvalue weighted by atomic mass is 10.0. The second-order valence-electron chi connectivity index (χ2n) is 7.27. The number of thiophene rings is 1. The molecule has 0 fully saturated rings. The van der Waals surface area contributed by atoms with E-state index in [-0.39, 0.29) is 18.5 Å². The van der Waals surface area contributed by atoms with Crippen molar-refractivity contribution < 1.29 is 14.6 Å². The van der Waals surface area contributed by atoms with Crippen molar-refractivity contribution >= 4 is 27.5 Å². The van der Waals surface area contributed by atoms with Gasteiger partial charge >= 0.3 is 5.97 Å². The molecule has 0 spiro atoms. The highest BCUT2D eigenvalue weighted by Gasteiger charge is 2.18. The smallest absolute Gasteiger partial charge is 0.303 e. The van der Waals surface area contributed by atoms with Gasteiger partial charge in [-0.1, -0.05) is 36.4 Å². The van der Waals surface area contributed by atoms with E-state index in [4.69, 9.17) is 14.8 Å². The molecule has 0 bridgehead atoms.